The smallest absolute Gasteiger partial charge is 0.399 e. The highest BCUT2D eigenvalue weighted by molar-refractivity contribution is 6.62. The van der Waals surface area contributed by atoms with E-state index in [2.05, 4.69) is 4.98 Å². The first kappa shape index (κ1) is 8.20. The van der Waals surface area contributed by atoms with Crippen molar-refractivity contribution in [3.05, 3.63) is 24.2 Å². The van der Waals surface area contributed by atoms with Crippen LogP contribution in [0.3, 0.4) is 0 Å². The Morgan fingerprint density at radius 3 is 2.44 bits per heavy atom. The van der Waals surface area contributed by atoms with Gasteiger partial charge in [-0.25, -0.2) is 4.98 Å². The zero-order valence-electron chi connectivity index (χ0n) is 12.7. The molecule has 0 unspecified atom stereocenters. The Morgan fingerprint density at radius 1 is 1.31 bits per heavy atom. The molecule has 16 heavy (non-hydrogen) atoms. The molecule has 0 spiro atoms. The molecule has 0 radical (unpaired) electrons. The van der Waals surface area contributed by atoms with E-state index in [9.17, 15) is 4.39 Å². The molecular formula is C11H15BFNO2. The van der Waals surface area contributed by atoms with Crippen molar-refractivity contribution in [3.63, 3.8) is 0 Å². The van der Waals surface area contributed by atoms with Gasteiger partial charge in [0.1, 0.15) is 0 Å². The number of halogens is 1. The van der Waals surface area contributed by atoms with Gasteiger partial charge in [0.15, 0.2) is 0 Å². The summed E-state index contributed by atoms with van der Waals surface area (Å²) in [5.74, 6) is -0.996. The maximum absolute atomic E-state index is 13.9. The maximum Gasteiger partial charge on any atom is 0.499 e. The molecule has 1 aliphatic rings. The monoisotopic (exact) mass is 226 g/mol. The lowest BCUT2D eigenvalue weighted by molar-refractivity contribution is 0.00578. The lowest BCUT2D eigenvalue weighted by atomic mass is 9.80. The van der Waals surface area contributed by atoms with Crippen molar-refractivity contribution >= 4 is 12.6 Å². The number of aromatic nitrogens is 1. The summed E-state index contributed by atoms with van der Waals surface area (Å²) in [6.45, 7) is 7.23. The van der Waals surface area contributed by atoms with Gasteiger partial charge in [-0.05, 0) is 33.7 Å². The highest BCUT2D eigenvalue weighted by Crippen LogP contribution is 2.36. The molecule has 0 aromatic carbocycles. The summed E-state index contributed by atoms with van der Waals surface area (Å²) in [6.07, 6.45) is -0.567. The first-order chi connectivity index (χ1) is 8.57. The predicted octanol–water partition coefficient (Wildman–Crippen LogP) is 1.52. The Kier molecular flexibility index (Phi) is 1.81. The Hall–Kier alpha value is -0.935. The highest BCUT2D eigenvalue weighted by atomic mass is 19.1. The standard InChI is InChI=1S/C11H15BFNO2/c1-10(2)11(3,4)16-12(15-10)8-6-5-7-14-9(8)13/h5-7H,1-4H3/i5D,6D,7D. The second kappa shape index (κ2) is 3.53. The molecule has 0 atom stereocenters. The minimum Gasteiger partial charge on any atom is -0.399 e. The van der Waals surface area contributed by atoms with Crippen molar-refractivity contribution in [2.24, 2.45) is 0 Å². The summed E-state index contributed by atoms with van der Waals surface area (Å²) in [6, 6.07) is -0.859. The summed E-state index contributed by atoms with van der Waals surface area (Å²) >= 11 is 0. The van der Waals surface area contributed by atoms with Crippen molar-refractivity contribution in [2.45, 2.75) is 38.9 Å². The molecule has 3 nitrogen and oxygen atoms in total. The average Bonchev–Trinajstić information content (AvgIpc) is 2.44. The summed E-state index contributed by atoms with van der Waals surface area (Å²) in [5.41, 5.74) is -1.56. The minimum atomic E-state index is -1.09. The molecule has 1 saturated heterocycles. The van der Waals surface area contributed by atoms with Crippen molar-refractivity contribution in [3.8, 4) is 0 Å². The van der Waals surface area contributed by atoms with E-state index >= 15 is 0 Å². The van der Waals surface area contributed by atoms with E-state index in [1.807, 2.05) is 27.7 Å². The summed E-state index contributed by atoms with van der Waals surface area (Å²) in [5, 5.41) is 0. The van der Waals surface area contributed by atoms with E-state index in [0.717, 1.165) is 0 Å². The molecular weight excluding hydrogens is 208 g/mol. The van der Waals surface area contributed by atoms with Gasteiger partial charge in [0, 0.05) is 11.6 Å². The first-order valence-corrected chi connectivity index (χ1v) is 5.05. The molecule has 1 aromatic rings. The third-order valence-corrected chi connectivity index (χ3v) is 3.12. The van der Waals surface area contributed by atoms with Crippen LogP contribution in [0.2, 0.25) is 0 Å². The third-order valence-electron chi connectivity index (χ3n) is 3.12. The van der Waals surface area contributed by atoms with E-state index in [1.165, 1.54) is 0 Å². The van der Waals surface area contributed by atoms with E-state index in [4.69, 9.17) is 13.4 Å². The molecule has 0 saturated carbocycles. The minimum absolute atomic E-state index is 0.223. The lowest BCUT2D eigenvalue weighted by Gasteiger charge is -2.32. The Labute approximate surface area is 99.3 Å². The van der Waals surface area contributed by atoms with Crippen LogP contribution in [0.4, 0.5) is 4.39 Å². The fourth-order valence-corrected chi connectivity index (χ4v) is 1.40. The van der Waals surface area contributed by atoms with Crippen molar-refractivity contribution in [1.82, 2.24) is 4.98 Å². The van der Waals surface area contributed by atoms with E-state index < -0.39 is 42.5 Å². The Bertz CT molecular complexity index is 523. The second-order valence-corrected chi connectivity index (χ2v) is 4.77. The maximum atomic E-state index is 13.9. The lowest BCUT2D eigenvalue weighted by Crippen LogP contribution is -2.41. The molecule has 2 heterocycles. The van der Waals surface area contributed by atoms with Crippen LogP contribution in [0.25, 0.3) is 0 Å². The molecule has 1 aromatic heterocycles. The molecule has 0 aliphatic carbocycles. The molecule has 2 rings (SSSR count). The van der Waals surface area contributed by atoms with Gasteiger partial charge in [-0.2, -0.15) is 4.39 Å². The Balaban J connectivity index is 2.49. The number of hydrogen-bond donors (Lipinski definition) is 0. The zero-order valence-corrected chi connectivity index (χ0v) is 9.72. The molecule has 86 valence electrons. The highest BCUT2D eigenvalue weighted by Gasteiger charge is 2.52. The van der Waals surface area contributed by atoms with Crippen LogP contribution in [0.5, 0.6) is 0 Å². The summed E-state index contributed by atoms with van der Waals surface area (Å²) < 4.78 is 47.7. The predicted molar refractivity (Wildman–Crippen MR) is 59.9 cm³/mol. The number of nitrogens with zero attached hydrogens (tertiary/aromatic N) is 1. The van der Waals surface area contributed by atoms with Gasteiger partial charge in [-0.3, -0.25) is 0 Å². The first-order valence-electron chi connectivity index (χ1n) is 6.55. The summed E-state index contributed by atoms with van der Waals surface area (Å²) in [7, 11) is -1.09. The molecule has 0 amide bonds. The van der Waals surface area contributed by atoms with Crippen molar-refractivity contribution < 1.29 is 17.8 Å². The van der Waals surface area contributed by atoms with Crippen LogP contribution in [0.15, 0.2) is 18.3 Å². The van der Waals surface area contributed by atoms with E-state index in [0.29, 0.717) is 0 Å². The Morgan fingerprint density at radius 2 is 1.88 bits per heavy atom. The van der Waals surface area contributed by atoms with Crippen LogP contribution < -0.4 is 5.46 Å². The van der Waals surface area contributed by atoms with Gasteiger partial charge in [0.25, 0.3) is 0 Å². The van der Waals surface area contributed by atoms with Crippen LogP contribution >= 0.6 is 0 Å². The fourth-order valence-electron chi connectivity index (χ4n) is 1.40. The SMILES string of the molecule is [2H]c1nc(F)c(B2OC(C)(C)C(C)(C)O2)c([2H])c1[2H]. The molecule has 0 N–H and O–H groups in total. The molecule has 5 heteroatoms. The van der Waals surface area contributed by atoms with E-state index in [1.54, 1.807) is 0 Å². The van der Waals surface area contributed by atoms with E-state index in [-0.39, 0.29) is 5.46 Å². The van der Waals surface area contributed by atoms with Crippen molar-refractivity contribution in [1.29, 1.82) is 0 Å². The zero-order chi connectivity index (χ0) is 14.6. The van der Waals surface area contributed by atoms with Gasteiger partial charge < -0.3 is 9.31 Å². The van der Waals surface area contributed by atoms with Crippen LogP contribution in [0.1, 0.15) is 31.8 Å². The number of pyridine rings is 1. The summed E-state index contributed by atoms with van der Waals surface area (Å²) in [4.78, 5) is 3.31. The molecule has 1 fully saturated rings. The van der Waals surface area contributed by atoms with Gasteiger partial charge >= 0.3 is 7.12 Å². The van der Waals surface area contributed by atoms with Crippen molar-refractivity contribution in [2.75, 3.05) is 0 Å². The third kappa shape index (κ3) is 1.74. The average molecular weight is 226 g/mol. The van der Waals surface area contributed by atoms with Gasteiger partial charge in [-0.15, -0.1) is 0 Å². The van der Waals surface area contributed by atoms with Crippen LogP contribution in [-0.4, -0.2) is 23.3 Å². The van der Waals surface area contributed by atoms with Gasteiger partial charge in [0.2, 0.25) is 5.95 Å². The quantitative estimate of drug-likeness (QED) is 0.537. The second-order valence-electron chi connectivity index (χ2n) is 4.77. The largest absolute Gasteiger partial charge is 0.499 e. The van der Waals surface area contributed by atoms with Crippen LogP contribution in [0, 0.1) is 5.95 Å². The molecule has 1 aliphatic heterocycles. The topological polar surface area (TPSA) is 31.4 Å². The molecule has 0 bridgehead atoms. The van der Waals surface area contributed by atoms with Gasteiger partial charge in [0.05, 0.1) is 15.3 Å². The normalized spacial score (nSPS) is 25.1. The van der Waals surface area contributed by atoms with Crippen LogP contribution in [-0.2, 0) is 9.31 Å². The number of hydrogen-bond acceptors (Lipinski definition) is 3. The fraction of sp³-hybridized carbons (Fsp3) is 0.545. The van der Waals surface area contributed by atoms with Gasteiger partial charge in [-0.1, -0.05) is 6.04 Å². The number of rotatable bonds is 1.